The number of phenols is 2. The molecule has 1 aliphatic rings. The summed E-state index contributed by atoms with van der Waals surface area (Å²) in [5.74, 6) is -0.338. The molecule has 1 aromatic carbocycles. The van der Waals surface area contributed by atoms with Crippen LogP contribution in [0, 0.1) is 17.2 Å². The molecule has 0 saturated heterocycles. The van der Waals surface area contributed by atoms with Gasteiger partial charge in [-0.15, -0.1) is 0 Å². The normalized spacial score (nSPS) is 13.9. The number of benzene rings is 1. The molecule has 1 aliphatic heterocycles. The zero-order valence-corrected chi connectivity index (χ0v) is 15.9. The number of carbonyl (C=O) groups is 1. The lowest BCUT2D eigenvalue weighted by atomic mass is 10.0. The highest BCUT2D eigenvalue weighted by Crippen LogP contribution is 2.58. The Balaban J connectivity index is 2.11. The molecule has 25 heavy (non-hydrogen) atoms. The molecule has 5 nitrogen and oxygen atoms in total. The molecule has 0 bridgehead atoms. The molecule has 0 amide bonds. The number of hydrogen-bond acceptors (Lipinski definition) is 7. The van der Waals surface area contributed by atoms with E-state index in [9.17, 15) is 20.3 Å². The van der Waals surface area contributed by atoms with Gasteiger partial charge in [0.25, 0.3) is 0 Å². The van der Waals surface area contributed by atoms with Gasteiger partial charge >= 0.3 is 5.97 Å². The smallest absolute Gasteiger partial charge is 0.350 e. The Morgan fingerprint density at radius 2 is 1.84 bits per heavy atom. The van der Waals surface area contributed by atoms with Crippen LogP contribution in [0.1, 0.15) is 39.5 Å². The summed E-state index contributed by atoms with van der Waals surface area (Å²) >= 11 is 2.20. The van der Waals surface area contributed by atoms with Crippen LogP contribution in [-0.4, -0.2) is 22.8 Å². The third kappa shape index (κ3) is 4.65. The number of fused-ring (bicyclic) bond motifs is 1. The summed E-state index contributed by atoms with van der Waals surface area (Å²) in [5, 5.41) is 29.2. The van der Waals surface area contributed by atoms with E-state index in [1.54, 1.807) is 0 Å². The second-order valence-electron chi connectivity index (χ2n) is 5.76. The van der Waals surface area contributed by atoms with E-state index in [4.69, 9.17) is 4.74 Å². The van der Waals surface area contributed by atoms with Gasteiger partial charge in [-0.05, 0) is 24.5 Å². The molecule has 1 aromatic rings. The average Bonchev–Trinajstić information content (AvgIpc) is 3.05. The molecule has 1 unspecified atom stereocenters. The van der Waals surface area contributed by atoms with Gasteiger partial charge in [-0.25, -0.2) is 4.79 Å². The number of nitrogens with zero attached hydrogens (tertiary/aromatic N) is 1. The number of unbranched alkanes of at least 4 members (excludes halogenated alkanes) is 1. The fourth-order valence-electron chi connectivity index (χ4n) is 2.39. The number of carbonyl (C=O) groups excluding carboxylic acids is 1. The van der Waals surface area contributed by atoms with Crippen LogP contribution in [0.5, 0.6) is 11.5 Å². The highest BCUT2D eigenvalue weighted by atomic mass is 32.2. The van der Waals surface area contributed by atoms with Crippen LogP contribution >= 0.6 is 23.5 Å². The van der Waals surface area contributed by atoms with E-state index in [1.807, 2.05) is 6.07 Å². The first-order chi connectivity index (χ1) is 12.0. The molecule has 0 fully saturated rings. The van der Waals surface area contributed by atoms with E-state index < -0.39 is 5.97 Å². The van der Waals surface area contributed by atoms with Gasteiger partial charge in [0.2, 0.25) is 0 Å². The largest absolute Gasteiger partial charge is 0.507 e. The Kier molecular flexibility index (Phi) is 7.09. The summed E-state index contributed by atoms with van der Waals surface area (Å²) in [4.78, 5) is 13.2. The van der Waals surface area contributed by atoms with Crippen LogP contribution in [0.25, 0.3) is 0 Å². The minimum atomic E-state index is -0.653. The predicted molar refractivity (Wildman–Crippen MR) is 98.4 cm³/mol. The second-order valence-corrected chi connectivity index (χ2v) is 8.06. The monoisotopic (exact) mass is 379 g/mol. The molecular formula is C18H21NO4S2. The maximum Gasteiger partial charge on any atom is 0.350 e. The van der Waals surface area contributed by atoms with Gasteiger partial charge < -0.3 is 14.9 Å². The highest BCUT2D eigenvalue weighted by Gasteiger charge is 2.30. The van der Waals surface area contributed by atoms with Crippen molar-refractivity contribution < 1.29 is 19.7 Å². The Labute approximate surface area is 156 Å². The molecule has 7 heteroatoms. The van der Waals surface area contributed by atoms with Gasteiger partial charge in [0.15, 0.2) is 5.57 Å². The van der Waals surface area contributed by atoms with E-state index in [1.165, 1.54) is 12.1 Å². The summed E-state index contributed by atoms with van der Waals surface area (Å²) in [6, 6.07) is 4.67. The minimum Gasteiger partial charge on any atom is -0.507 e. The van der Waals surface area contributed by atoms with Crippen molar-refractivity contribution in [1.82, 2.24) is 0 Å². The van der Waals surface area contributed by atoms with Crippen molar-refractivity contribution in [3.8, 4) is 17.6 Å². The molecule has 0 aromatic heterocycles. The number of rotatable bonds is 7. The van der Waals surface area contributed by atoms with Gasteiger partial charge in [-0.1, -0.05) is 56.6 Å². The number of ether oxygens (including phenoxy) is 1. The maximum atomic E-state index is 12.3. The van der Waals surface area contributed by atoms with Gasteiger partial charge in [-0.3, -0.25) is 0 Å². The van der Waals surface area contributed by atoms with Crippen molar-refractivity contribution in [1.29, 1.82) is 5.26 Å². The highest BCUT2D eigenvalue weighted by molar-refractivity contribution is 8.24. The molecule has 1 heterocycles. The molecule has 2 N–H and O–H groups in total. The lowest BCUT2D eigenvalue weighted by Gasteiger charge is -2.14. The number of esters is 1. The Morgan fingerprint density at radius 3 is 2.32 bits per heavy atom. The summed E-state index contributed by atoms with van der Waals surface area (Å²) < 4.78 is 5.76. The number of phenolic OH excluding ortho intramolecular Hbond substituents is 2. The zero-order chi connectivity index (χ0) is 18.4. The van der Waals surface area contributed by atoms with Crippen molar-refractivity contribution in [2.45, 2.75) is 49.3 Å². The SMILES string of the molecule is CCCCC(CC)COC(=O)C(C#N)=C1Sc2c(O)ccc(O)c2S1. The fourth-order valence-corrected chi connectivity index (χ4v) is 4.88. The Morgan fingerprint density at radius 1 is 1.24 bits per heavy atom. The quantitative estimate of drug-likeness (QED) is 0.304. The van der Waals surface area contributed by atoms with Gasteiger partial charge in [0.05, 0.1) is 20.6 Å². The second kappa shape index (κ2) is 9.07. The first-order valence-electron chi connectivity index (χ1n) is 8.23. The van der Waals surface area contributed by atoms with E-state index in [0.717, 1.165) is 49.2 Å². The van der Waals surface area contributed by atoms with Crippen LogP contribution in [0.3, 0.4) is 0 Å². The van der Waals surface area contributed by atoms with Crippen LogP contribution < -0.4 is 0 Å². The minimum absolute atomic E-state index is 0.0107. The lowest BCUT2D eigenvalue weighted by molar-refractivity contribution is -0.140. The van der Waals surface area contributed by atoms with Crippen LogP contribution in [0.4, 0.5) is 0 Å². The number of hydrogen-bond donors (Lipinski definition) is 2. The van der Waals surface area contributed by atoms with Crippen LogP contribution in [0.15, 0.2) is 31.7 Å². The van der Waals surface area contributed by atoms with Gasteiger partial charge in [-0.2, -0.15) is 5.26 Å². The van der Waals surface area contributed by atoms with Crippen LogP contribution in [0.2, 0.25) is 0 Å². The first-order valence-corrected chi connectivity index (χ1v) is 9.87. The van der Waals surface area contributed by atoms with Crippen LogP contribution in [-0.2, 0) is 9.53 Å². The molecule has 1 atom stereocenters. The maximum absolute atomic E-state index is 12.3. The lowest BCUT2D eigenvalue weighted by Crippen LogP contribution is -2.15. The van der Waals surface area contributed by atoms with E-state index in [0.29, 0.717) is 26.6 Å². The fraction of sp³-hybridized carbons (Fsp3) is 0.444. The average molecular weight is 380 g/mol. The molecule has 2 rings (SSSR count). The van der Waals surface area contributed by atoms with Crippen molar-refractivity contribution in [2.24, 2.45) is 5.92 Å². The Hall–Kier alpha value is -1.78. The molecular weight excluding hydrogens is 358 g/mol. The first kappa shape index (κ1) is 19.5. The van der Waals surface area contributed by atoms with Crippen molar-refractivity contribution in [2.75, 3.05) is 6.61 Å². The predicted octanol–water partition coefficient (Wildman–Crippen LogP) is 4.79. The topological polar surface area (TPSA) is 90.6 Å². The molecule has 0 spiro atoms. The van der Waals surface area contributed by atoms with Gasteiger partial charge in [0, 0.05) is 0 Å². The van der Waals surface area contributed by atoms with Crippen molar-refractivity contribution in [3.05, 3.63) is 21.9 Å². The summed E-state index contributed by atoms with van der Waals surface area (Å²) in [7, 11) is 0. The van der Waals surface area contributed by atoms with E-state index in [2.05, 4.69) is 13.8 Å². The third-order valence-corrected chi connectivity index (χ3v) is 6.62. The molecule has 134 valence electrons. The van der Waals surface area contributed by atoms with Crippen molar-refractivity contribution >= 4 is 29.5 Å². The summed E-state index contributed by atoms with van der Waals surface area (Å²) in [5.41, 5.74) is -0.0876. The van der Waals surface area contributed by atoms with E-state index in [-0.39, 0.29) is 17.1 Å². The number of nitriles is 1. The summed E-state index contributed by atoms with van der Waals surface area (Å²) in [6.07, 6.45) is 4.09. The Bertz CT molecular complexity index is 692. The molecule has 0 aliphatic carbocycles. The van der Waals surface area contributed by atoms with Gasteiger partial charge in [0.1, 0.15) is 17.6 Å². The third-order valence-electron chi connectivity index (χ3n) is 3.97. The number of aromatic hydroxyl groups is 2. The molecule has 0 saturated carbocycles. The number of thioether (sulfide) groups is 2. The van der Waals surface area contributed by atoms with E-state index >= 15 is 0 Å². The molecule has 0 radical (unpaired) electrons. The zero-order valence-electron chi connectivity index (χ0n) is 14.2. The summed E-state index contributed by atoms with van der Waals surface area (Å²) in [6.45, 7) is 4.48. The standard InChI is InChI=1S/C18H21NO4S2/c1-3-5-6-11(4-2)10-23-17(22)12(9-19)18-24-15-13(20)7-8-14(21)16(15)25-18/h7-8,11,20-21H,3-6,10H2,1-2H3. The van der Waals surface area contributed by atoms with Crippen molar-refractivity contribution in [3.63, 3.8) is 0 Å².